The SMILES string of the molecule is CCNC(C)c1cccnc1N1CCN(C)C(C)(C)C1. The lowest BCUT2D eigenvalue weighted by molar-refractivity contribution is 0.138. The van der Waals surface area contributed by atoms with Gasteiger partial charge in [-0.3, -0.25) is 4.90 Å². The van der Waals surface area contributed by atoms with Gasteiger partial charge in [0.05, 0.1) is 0 Å². The summed E-state index contributed by atoms with van der Waals surface area (Å²) in [6.07, 6.45) is 1.91. The molecule has 1 unspecified atom stereocenters. The van der Waals surface area contributed by atoms with E-state index in [2.05, 4.69) is 60.9 Å². The molecule has 1 aliphatic rings. The number of hydrogen-bond acceptors (Lipinski definition) is 4. The molecule has 4 heteroatoms. The van der Waals surface area contributed by atoms with Crippen LogP contribution >= 0.6 is 0 Å². The maximum Gasteiger partial charge on any atom is 0.133 e. The van der Waals surface area contributed by atoms with Gasteiger partial charge in [-0.1, -0.05) is 13.0 Å². The lowest BCUT2D eigenvalue weighted by Gasteiger charge is -2.46. The van der Waals surface area contributed by atoms with Gasteiger partial charge in [-0.05, 0) is 40.4 Å². The standard InChI is InChI=1S/C16H28N4/c1-6-17-13(2)14-8-7-9-18-15(14)20-11-10-19(5)16(3,4)12-20/h7-9,13,17H,6,10-12H2,1-5H3. The van der Waals surface area contributed by atoms with Gasteiger partial charge in [-0.25, -0.2) is 4.98 Å². The summed E-state index contributed by atoms with van der Waals surface area (Å²) in [5, 5.41) is 3.49. The minimum atomic E-state index is 0.189. The van der Waals surface area contributed by atoms with Crippen molar-refractivity contribution in [2.75, 3.05) is 38.1 Å². The van der Waals surface area contributed by atoms with Crippen molar-refractivity contribution in [3.63, 3.8) is 0 Å². The van der Waals surface area contributed by atoms with Crippen LogP contribution in [0.3, 0.4) is 0 Å². The number of anilines is 1. The van der Waals surface area contributed by atoms with E-state index >= 15 is 0 Å². The summed E-state index contributed by atoms with van der Waals surface area (Å²) in [7, 11) is 2.21. The number of nitrogens with zero attached hydrogens (tertiary/aromatic N) is 3. The topological polar surface area (TPSA) is 31.4 Å². The molecule has 0 radical (unpaired) electrons. The average molecular weight is 276 g/mol. The molecule has 1 aliphatic heterocycles. The number of likely N-dealkylation sites (N-methyl/N-ethyl adjacent to an activating group) is 1. The van der Waals surface area contributed by atoms with Crippen molar-refractivity contribution in [1.29, 1.82) is 0 Å². The Balaban J connectivity index is 2.25. The van der Waals surface area contributed by atoms with Crippen molar-refractivity contribution in [1.82, 2.24) is 15.2 Å². The van der Waals surface area contributed by atoms with Gasteiger partial charge in [0.2, 0.25) is 0 Å². The van der Waals surface area contributed by atoms with Gasteiger partial charge in [0.1, 0.15) is 5.82 Å². The van der Waals surface area contributed by atoms with Crippen LogP contribution in [0.25, 0.3) is 0 Å². The molecule has 1 aromatic heterocycles. The monoisotopic (exact) mass is 276 g/mol. The van der Waals surface area contributed by atoms with Crippen LogP contribution in [0.1, 0.15) is 39.3 Å². The molecule has 0 aromatic carbocycles. The molecular formula is C16H28N4. The number of pyridine rings is 1. The van der Waals surface area contributed by atoms with E-state index in [1.165, 1.54) is 5.56 Å². The molecule has 112 valence electrons. The second-order valence-electron chi connectivity index (χ2n) is 6.35. The van der Waals surface area contributed by atoms with Crippen molar-refractivity contribution in [3.8, 4) is 0 Å². The first-order valence-electron chi connectivity index (χ1n) is 7.60. The smallest absolute Gasteiger partial charge is 0.133 e. The quantitative estimate of drug-likeness (QED) is 0.914. The van der Waals surface area contributed by atoms with E-state index < -0.39 is 0 Å². The van der Waals surface area contributed by atoms with Crippen LogP contribution in [0.4, 0.5) is 5.82 Å². The summed E-state index contributed by atoms with van der Waals surface area (Å²) in [5.41, 5.74) is 1.49. The Hall–Kier alpha value is -1.13. The lowest BCUT2D eigenvalue weighted by atomic mass is 9.98. The van der Waals surface area contributed by atoms with E-state index in [0.717, 1.165) is 32.0 Å². The Bertz CT molecular complexity index is 444. The summed E-state index contributed by atoms with van der Waals surface area (Å²) in [4.78, 5) is 9.53. The molecule has 0 amide bonds. The second-order valence-corrected chi connectivity index (χ2v) is 6.35. The summed E-state index contributed by atoms with van der Waals surface area (Å²) in [5.74, 6) is 1.14. The fourth-order valence-corrected chi connectivity index (χ4v) is 2.85. The maximum absolute atomic E-state index is 4.66. The highest BCUT2D eigenvalue weighted by Gasteiger charge is 2.32. The van der Waals surface area contributed by atoms with E-state index in [4.69, 9.17) is 0 Å². The van der Waals surface area contributed by atoms with Crippen molar-refractivity contribution in [3.05, 3.63) is 23.9 Å². The molecular weight excluding hydrogens is 248 g/mol. The Kier molecular flexibility index (Phi) is 4.66. The highest BCUT2D eigenvalue weighted by molar-refractivity contribution is 5.49. The first-order chi connectivity index (χ1) is 9.45. The van der Waals surface area contributed by atoms with E-state index in [0.29, 0.717) is 6.04 Å². The number of rotatable bonds is 4. The van der Waals surface area contributed by atoms with Gasteiger partial charge in [0, 0.05) is 43.0 Å². The van der Waals surface area contributed by atoms with Crippen LogP contribution in [-0.4, -0.2) is 48.6 Å². The van der Waals surface area contributed by atoms with E-state index in [1.807, 2.05) is 12.3 Å². The number of aromatic nitrogens is 1. The summed E-state index contributed by atoms with van der Waals surface area (Å²) in [6.45, 7) is 13.1. The number of nitrogens with one attached hydrogen (secondary N) is 1. The molecule has 2 rings (SSSR count). The van der Waals surface area contributed by atoms with Crippen LogP contribution in [0.5, 0.6) is 0 Å². The Morgan fingerprint density at radius 1 is 1.40 bits per heavy atom. The predicted molar refractivity (Wildman–Crippen MR) is 85.3 cm³/mol. The van der Waals surface area contributed by atoms with E-state index in [1.54, 1.807) is 0 Å². The highest BCUT2D eigenvalue weighted by atomic mass is 15.3. The maximum atomic E-state index is 4.66. The largest absolute Gasteiger partial charge is 0.353 e. The highest BCUT2D eigenvalue weighted by Crippen LogP contribution is 2.28. The van der Waals surface area contributed by atoms with Crippen molar-refractivity contribution in [2.45, 2.75) is 39.3 Å². The van der Waals surface area contributed by atoms with Crippen molar-refractivity contribution >= 4 is 5.82 Å². The molecule has 1 N–H and O–H groups in total. The van der Waals surface area contributed by atoms with Crippen LogP contribution < -0.4 is 10.2 Å². The van der Waals surface area contributed by atoms with Gasteiger partial charge in [0.25, 0.3) is 0 Å². The first-order valence-corrected chi connectivity index (χ1v) is 7.60. The van der Waals surface area contributed by atoms with E-state index in [9.17, 15) is 0 Å². The van der Waals surface area contributed by atoms with Gasteiger partial charge in [-0.2, -0.15) is 0 Å². The molecule has 0 aliphatic carbocycles. The van der Waals surface area contributed by atoms with Gasteiger partial charge in [-0.15, -0.1) is 0 Å². The molecule has 2 heterocycles. The number of hydrogen-bond donors (Lipinski definition) is 1. The predicted octanol–water partition coefficient (Wildman–Crippen LogP) is 2.28. The fourth-order valence-electron chi connectivity index (χ4n) is 2.85. The zero-order valence-corrected chi connectivity index (χ0v) is 13.5. The normalized spacial score (nSPS) is 20.9. The Morgan fingerprint density at radius 2 is 2.15 bits per heavy atom. The zero-order valence-electron chi connectivity index (χ0n) is 13.5. The molecule has 1 aromatic rings. The minimum absolute atomic E-state index is 0.189. The molecule has 4 nitrogen and oxygen atoms in total. The third-order valence-electron chi connectivity index (χ3n) is 4.41. The summed E-state index contributed by atoms with van der Waals surface area (Å²) < 4.78 is 0. The fraction of sp³-hybridized carbons (Fsp3) is 0.688. The van der Waals surface area contributed by atoms with Crippen molar-refractivity contribution in [2.24, 2.45) is 0 Å². The summed E-state index contributed by atoms with van der Waals surface area (Å²) >= 11 is 0. The van der Waals surface area contributed by atoms with Crippen LogP contribution in [0.15, 0.2) is 18.3 Å². The number of piperazine rings is 1. The molecule has 1 fully saturated rings. The van der Waals surface area contributed by atoms with Gasteiger partial charge in [0.15, 0.2) is 0 Å². The van der Waals surface area contributed by atoms with Gasteiger partial charge < -0.3 is 10.2 Å². The first kappa shape index (κ1) is 15.3. The zero-order chi connectivity index (χ0) is 14.8. The minimum Gasteiger partial charge on any atom is -0.353 e. The lowest BCUT2D eigenvalue weighted by Crippen LogP contribution is -2.58. The van der Waals surface area contributed by atoms with Crippen molar-refractivity contribution < 1.29 is 0 Å². The van der Waals surface area contributed by atoms with Crippen LogP contribution in [0.2, 0.25) is 0 Å². The average Bonchev–Trinajstić information content (AvgIpc) is 2.42. The molecule has 0 saturated carbocycles. The summed E-state index contributed by atoms with van der Waals surface area (Å²) in [6, 6.07) is 4.57. The Morgan fingerprint density at radius 3 is 2.80 bits per heavy atom. The third kappa shape index (κ3) is 3.13. The third-order valence-corrected chi connectivity index (χ3v) is 4.41. The Labute approximate surface area is 123 Å². The van der Waals surface area contributed by atoms with Crippen LogP contribution in [0, 0.1) is 0 Å². The second kappa shape index (κ2) is 6.10. The molecule has 0 spiro atoms. The molecule has 0 bridgehead atoms. The van der Waals surface area contributed by atoms with Crippen LogP contribution in [-0.2, 0) is 0 Å². The molecule has 1 saturated heterocycles. The molecule has 1 atom stereocenters. The molecule has 20 heavy (non-hydrogen) atoms. The van der Waals surface area contributed by atoms with Gasteiger partial charge >= 0.3 is 0 Å². The van der Waals surface area contributed by atoms with E-state index in [-0.39, 0.29) is 5.54 Å².